The fraction of sp³-hybridized carbons (Fsp3) is 0.667. The Kier molecular flexibility index (Phi) is 5.23. The largest absolute Gasteiger partial charge is 0.375 e. The third kappa shape index (κ3) is 3.62. The highest BCUT2D eigenvalue weighted by atomic mass is 127. The van der Waals surface area contributed by atoms with Crippen molar-refractivity contribution in [1.29, 1.82) is 0 Å². The molecule has 116 valence electrons. The Balaban J connectivity index is 1.78. The zero-order chi connectivity index (χ0) is 14.7. The Morgan fingerprint density at radius 3 is 2.67 bits per heavy atom. The maximum atomic E-state index is 6.21. The van der Waals surface area contributed by atoms with Crippen LogP contribution < -0.4 is 5.32 Å². The highest BCUT2D eigenvalue weighted by Crippen LogP contribution is 2.45. The third-order valence-electron chi connectivity index (χ3n) is 5.17. The maximum Gasteiger partial charge on any atom is 0.0686 e. The molecule has 21 heavy (non-hydrogen) atoms. The Hall–Kier alpha value is -0.130. The number of benzene rings is 1. The predicted octanol–water partition coefficient (Wildman–Crippen LogP) is 4.68. The molecule has 3 heteroatoms. The van der Waals surface area contributed by atoms with Crippen molar-refractivity contribution in [1.82, 2.24) is 5.32 Å². The zero-order valence-corrected chi connectivity index (χ0v) is 15.1. The molecule has 2 atom stereocenters. The van der Waals surface area contributed by atoms with Gasteiger partial charge in [0.2, 0.25) is 0 Å². The first kappa shape index (κ1) is 15.8. The van der Waals surface area contributed by atoms with E-state index in [0.717, 1.165) is 13.2 Å². The van der Waals surface area contributed by atoms with Crippen molar-refractivity contribution >= 4 is 22.6 Å². The number of hydrogen-bond donors (Lipinski definition) is 1. The SMILES string of the molecule is CCNC(c1ccc(I)cc1)C1CCOC2(CCCC2)C1. The van der Waals surface area contributed by atoms with E-state index in [2.05, 4.69) is 59.1 Å². The summed E-state index contributed by atoms with van der Waals surface area (Å²) < 4.78 is 7.52. The van der Waals surface area contributed by atoms with Crippen molar-refractivity contribution in [2.45, 2.75) is 57.1 Å². The van der Waals surface area contributed by atoms with E-state index in [-0.39, 0.29) is 5.60 Å². The van der Waals surface area contributed by atoms with Crippen molar-refractivity contribution < 1.29 is 4.74 Å². The van der Waals surface area contributed by atoms with Crippen LogP contribution in [0.1, 0.15) is 57.1 Å². The molecular weight excluding hydrogens is 373 g/mol. The Labute approximate surface area is 142 Å². The van der Waals surface area contributed by atoms with Crippen molar-refractivity contribution in [3.05, 3.63) is 33.4 Å². The van der Waals surface area contributed by atoms with Crippen LogP contribution >= 0.6 is 22.6 Å². The van der Waals surface area contributed by atoms with Gasteiger partial charge in [-0.1, -0.05) is 31.9 Å². The minimum Gasteiger partial charge on any atom is -0.375 e. The molecule has 1 aromatic carbocycles. The fourth-order valence-corrected chi connectivity index (χ4v) is 4.52. The van der Waals surface area contributed by atoms with E-state index in [1.807, 2.05) is 0 Å². The molecule has 1 heterocycles. The number of ether oxygens (including phenoxy) is 1. The fourth-order valence-electron chi connectivity index (χ4n) is 4.16. The summed E-state index contributed by atoms with van der Waals surface area (Å²) in [6.07, 6.45) is 7.66. The summed E-state index contributed by atoms with van der Waals surface area (Å²) in [6, 6.07) is 9.53. The molecule has 0 bridgehead atoms. The summed E-state index contributed by atoms with van der Waals surface area (Å²) in [5.74, 6) is 0.705. The average Bonchev–Trinajstić information content (AvgIpc) is 2.94. The molecule has 1 spiro atoms. The number of nitrogens with one attached hydrogen (secondary N) is 1. The normalized spacial score (nSPS) is 26.1. The van der Waals surface area contributed by atoms with E-state index in [9.17, 15) is 0 Å². The number of halogens is 1. The molecule has 0 aromatic heterocycles. The number of rotatable bonds is 4. The lowest BCUT2D eigenvalue weighted by atomic mass is 9.78. The minimum atomic E-state index is 0.208. The molecule has 2 aliphatic rings. The van der Waals surface area contributed by atoms with Gasteiger partial charge in [-0.05, 0) is 78.4 Å². The lowest BCUT2D eigenvalue weighted by Gasteiger charge is -2.41. The molecule has 1 aromatic rings. The smallest absolute Gasteiger partial charge is 0.0686 e. The summed E-state index contributed by atoms with van der Waals surface area (Å²) in [6.45, 7) is 4.18. The van der Waals surface area contributed by atoms with Crippen LogP contribution in [0.2, 0.25) is 0 Å². The van der Waals surface area contributed by atoms with Gasteiger partial charge in [-0.3, -0.25) is 0 Å². The summed E-state index contributed by atoms with van der Waals surface area (Å²) >= 11 is 2.38. The van der Waals surface area contributed by atoms with E-state index in [4.69, 9.17) is 4.74 Å². The van der Waals surface area contributed by atoms with Gasteiger partial charge in [0.05, 0.1) is 5.60 Å². The molecule has 1 aliphatic carbocycles. The second-order valence-electron chi connectivity index (χ2n) is 6.58. The standard InChI is InChI=1S/C18H26INO/c1-2-20-17(14-5-7-16(19)8-6-14)15-9-12-21-18(13-15)10-3-4-11-18/h5-8,15,17,20H,2-4,9-13H2,1H3. The van der Waals surface area contributed by atoms with Crippen LogP contribution in [0.5, 0.6) is 0 Å². The molecule has 1 N–H and O–H groups in total. The minimum absolute atomic E-state index is 0.208. The average molecular weight is 399 g/mol. The van der Waals surface area contributed by atoms with Crippen LogP contribution in [0.15, 0.2) is 24.3 Å². The molecule has 0 amide bonds. The van der Waals surface area contributed by atoms with E-state index in [0.29, 0.717) is 12.0 Å². The van der Waals surface area contributed by atoms with Crippen molar-refractivity contribution in [3.63, 3.8) is 0 Å². The van der Waals surface area contributed by atoms with Crippen LogP contribution in [0.4, 0.5) is 0 Å². The molecule has 3 rings (SSSR count). The summed E-state index contributed by atoms with van der Waals surface area (Å²) in [5.41, 5.74) is 1.65. The monoisotopic (exact) mass is 399 g/mol. The van der Waals surface area contributed by atoms with Gasteiger partial charge in [0.25, 0.3) is 0 Å². The Morgan fingerprint density at radius 1 is 1.29 bits per heavy atom. The number of hydrogen-bond acceptors (Lipinski definition) is 2. The molecule has 1 aliphatic heterocycles. The molecule has 1 saturated heterocycles. The molecule has 2 fully saturated rings. The van der Waals surface area contributed by atoms with Crippen LogP contribution in [-0.2, 0) is 4.74 Å². The summed E-state index contributed by atoms with van der Waals surface area (Å²) in [7, 11) is 0. The van der Waals surface area contributed by atoms with Gasteiger partial charge in [-0.2, -0.15) is 0 Å². The molecule has 2 unspecified atom stereocenters. The highest BCUT2D eigenvalue weighted by Gasteiger charge is 2.42. The van der Waals surface area contributed by atoms with Gasteiger partial charge < -0.3 is 10.1 Å². The zero-order valence-electron chi connectivity index (χ0n) is 12.9. The van der Waals surface area contributed by atoms with Crippen molar-refractivity contribution in [2.75, 3.05) is 13.2 Å². The summed E-state index contributed by atoms with van der Waals surface area (Å²) in [5, 5.41) is 3.74. The van der Waals surface area contributed by atoms with Crippen LogP contribution in [0.3, 0.4) is 0 Å². The second-order valence-corrected chi connectivity index (χ2v) is 7.82. The molecule has 0 radical (unpaired) electrons. The van der Waals surface area contributed by atoms with Gasteiger partial charge in [-0.15, -0.1) is 0 Å². The topological polar surface area (TPSA) is 21.3 Å². The quantitative estimate of drug-likeness (QED) is 0.743. The maximum absolute atomic E-state index is 6.21. The predicted molar refractivity (Wildman–Crippen MR) is 95.5 cm³/mol. The Bertz CT molecular complexity index is 453. The lowest BCUT2D eigenvalue weighted by molar-refractivity contribution is -0.0981. The van der Waals surface area contributed by atoms with Crippen LogP contribution in [0, 0.1) is 9.49 Å². The van der Waals surface area contributed by atoms with Crippen LogP contribution in [0.25, 0.3) is 0 Å². The first-order chi connectivity index (χ1) is 10.2. The van der Waals surface area contributed by atoms with E-state index in [1.165, 1.54) is 47.7 Å². The van der Waals surface area contributed by atoms with Gasteiger partial charge in [-0.25, -0.2) is 0 Å². The van der Waals surface area contributed by atoms with Gasteiger partial charge in [0.1, 0.15) is 0 Å². The van der Waals surface area contributed by atoms with Crippen molar-refractivity contribution in [3.8, 4) is 0 Å². The van der Waals surface area contributed by atoms with E-state index < -0.39 is 0 Å². The first-order valence-electron chi connectivity index (χ1n) is 8.35. The lowest BCUT2D eigenvalue weighted by Crippen LogP contribution is -2.42. The van der Waals surface area contributed by atoms with Gasteiger partial charge in [0.15, 0.2) is 0 Å². The molecule has 2 nitrogen and oxygen atoms in total. The first-order valence-corrected chi connectivity index (χ1v) is 9.43. The van der Waals surface area contributed by atoms with E-state index in [1.54, 1.807) is 0 Å². The highest BCUT2D eigenvalue weighted by molar-refractivity contribution is 14.1. The van der Waals surface area contributed by atoms with Gasteiger partial charge in [0, 0.05) is 16.2 Å². The van der Waals surface area contributed by atoms with Gasteiger partial charge >= 0.3 is 0 Å². The Morgan fingerprint density at radius 2 is 2.00 bits per heavy atom. The second kappa shape index (κ2) is 6.97. The van der Waals surface area contributed by atoms with Crippen molar-refractivity contribution in [2.24, 2.45) is 5.92 Å². The summed E-state index contributed by atoms with van der Waals surface area (Å²) in [4.78, 5) is 0. The van der Waals surface area contributed by atoms with Crippen LogP contribution in [-0.4, -0.2) is 18.8 Å². The molecule has 1 saturated carbocycles. The molecular formula is C18H26INO. The van der Waals surface area contributed by atoms with E-state index >= 15 is 0 Å². The third-order valence-corrected chi connectivity index (χ3v) is 5.89.